The summed E-state index contributed by atoms with van der Waals surface area (Å²) in [5.74, 6) is -0.348. The normalized spacial score (nSPS) is 17.2. The van der Waals surface area contributed by atoms with E-state index in [0.717, 1.165) is 5.56 Å². The molecule has 3 N–H and O–H groups in total. The van der Waals surface area contributed by atoms with Gasteiger partial charge in [-0.25, -0.2) is 0 Å². The van der Waals surface area contributed by atoms with Crippen molar-refractivity contribution in [1.29, 1.82) is 0 Å². The quantitative estimate of drug-likeness (QED) is 0.423. The van der Waals surface area contributed by atoms with Crippen LogP contribution in [-0.2, 0) is 17.9 Å². The number of alkyl halides is 2. The molecule has 37 heavy (non-hydrogen) atoms. The molecule has 190 valence electrons. The molecule has 2 aromatic heterocycles. The Bertz CT molecular complexity index is 1370. The smallest absolute Gasteiger partial charge is 0.467 e. The largest absolute Gasteiger partial charge is 0.586 e. The van der Waals surface area contributed by atoms with Crippen molar-refractivity contribution in [2.45, 2.75) is 31.8 Å². The molecule has 2 aliphatic rings. The second-order valence-electron chi connectivity index (χ2n) is 8.31. The Morgan fingerprint density at radius 1 is 1.05 bits per heavy atom. The molecule has 9 nitrogen and oxygen atoms in total. The first kappa shape index (κ1) is 24.2. The summed E-state index contributed by atoms with van der Waals surface area (Å²) in [5.41, 5.74) is 1.83. The van der Waals surface area contributed by atoms with Crippen LogP contribution in [0.2, 0.25) is 0 Å². The van der Waals surface area contributed by atoms with Crippen molar-refractivity contribution in [3.63, 3.8) is 0 Å². The minimum Gasteiger partial charge on any atom is -0.467 e. The highest BCUT2D eigenvalue weighted by Crippen LogP contribution is 2.42. The lowest BCUT2D eigenvalue weighted by Crippen LogP contribution is -2.36. The Balaban J connectivity index is 1.19. The number of furan rings is 1. The fourth-order valence-electron chi connectivity index (χ4n) is 3.91. The summed E-state index contributed by atoms with van der Waals surface area (Å²) in [5, 5.41) is 8.80. The lowest BCUT2D eigenvalue weighted by Gasteiger charge is -2.22. The van der Waals surface area contributed by atoms with E-state index in [1.807, 2.05) is 6.08 Å². The molecule has 1 aromatic carbocycles. The number of benzene rings is 1. The molecule has 0 fully saturated rings. The molecule has 1 aliphatic heterocycles. The first-order valence-corrected chi connectivity index (χ1v) is 11.4. The van der Waals surface area contributed by atoms with E-state index in [1.54, 1.807) is 42.6 Å². The van der Waals surface area contributed by atoms with Gasteiger partial charge in [0.25, 0.3) is 11.8 Å². The van der Waals surface area contributed by atoms with Crippen LogP contribution in [0, 0.1) is 0 Å². The van der Waals surface area contributed by atoms with Crippen molar-refractivity contribution in [1.82, 2.24) is 15.6 Å². The van der Waals surface area contributed by atoms with Gasteiger partial charge in [0.05, 0.1) is 12.8 Å². The van der Waals surface area contributed by atoms with Crippen LogP contribution in [0.5, 0.6) is 11.5 Å². The fourth-order valence-corrected chi connectivity index (χ4v) is 3.91. The van der Waals surface area contributed by atoms with Gasteiger partial charge < -0.3 is 29.8 Å². The van der Waals surface area contributed by atoms with E-state index in [-0.39, 0.29) is 41.6 Å². The lowest BCUT2D eigenvalue weighted by molar-refractivity contribution is -0.286. The zero-order chi connectivity index (χ0) is 25.8. The molecular weight excluding hydrogens is 486 g/mol. The number of aromatic nitrogens is 1. The van der Waals surface area contributed by atoms with Crippen LogP contribution in [0.1, 0.15) is 28.2 Å². The van der Waals surface area contributed by atoms with Crippen LogP contribution in [0.15, 0.2) is 83.1 Å². The van der Waals surface area contributed by atoms with Gasteiger partial charge in [-0.15, -0.1) is 8.78 Å². The van der Waals surface area contributed by atoms with Gasteiger partial charge in [-0.05, 0) is 48.4 Å². The third-order valence-corrected chi connectivity index (χ3v) is 5.69. The molecule has 3 heterocycles. The van der Waals surface area contributed by atoms with Crippen molar-refractivity contribution >= 4 is 17.5 Å². The lowest BCUT2D eigenvalue weighted by atomic mass is 9.97. The van der Waals surface area contributed by atoms with E-state index in [0.29, 0.717) is 30.0 Å². The molecule has 2 amide bonds. The number of fused-ring (bicyclic) bond motifs is 1. The van der Waals surface area contributed by atoms with Crippen molar-refractivity contribution < 1.29 is 32.3 Å². The van der Waals surface area contributed by atoms with Crippen molar-refractivity contribution in [3.05, 3.63) is 95.7 Å². The van der Waals surface area contributed by atoms with Crippen LogP contribution < -0.4 is 25.4 Å². The van der Waals surface area contributed by atoms with E-state index < -0.39 is 6.29 Å². The topological polar surface area (TPSA) is 115 Å². The maximum atomic E-state index is 13.3. The average molecular weight is 508 g/mol. The van der Waals surface area contributed by atoms with E-state index in [2.05, 4.69) is 30.4 Å². The van der Waals surface area contributed by atoms with Gasteiger partial charge in [0.15, 0.2) is 11.5 Å². The Hall–Kier alpha value is -4.51. The van der Waals surface area contributed by atoms with E-state index >= 15 is 0 Å². The van der Waals surface area contributed by atoms with Gasteiger partial charge in [0.1, 0.15) is 11.5 Å². The maximum Gasteiger partial charge on any atom is 0.586 e. The minimum atomic E-state index is -3.73. The van der Waals surface area contributed by atoms with Gasteiger partial charge in [0.2, 0.25) is 0 Å². The summed E-state index contributed by atoms with van der Waals surface area (Å²) >= 11 is 0. The second kappa shape index (κ2) is 10.2. The van der Waals surface area contributed by atoms with Gasteiger partial charge in [-0.2, -0.15) is 0 Å². The van der Waals surface area contributed by atoms with Crippen LogP contribution in [0.4, 0.5) is 14.5 Å². The van der Waals surface area contributed by atoms with E-state index in [9.17, 15) is 18.4 Å². The highest BCUT2D eigenvalue weighted by atomic mass is 19.3. The third kappa shape index (κ3) is 5.84. The number of carbonyl (C=O) groups is 2. The standard InChI is InChI=1S/C26H22F2N4O5/c27-26(28)36-22-8-7-17(13-23(22)37-26)32-24(33)19-5-1-2-6-20(19)30-14-16-9-10-29-21(12-16)25(34)31-15-18-4-3-11-35-18/h1-5,7-13,20,30H,6,14-15H2,(H,31,34)(H,32,33). The average Bonchev–Trinajstić information content (AvgIpc) is 3.52. The number of allylic oxidation sites excluding steroid dienone is 2. The predicted octanol–water partition coefficient (Wildman–Crippen LogP) is 3.91. The summed E-state index contributed by atoms with van der Waals surface area (Å²) in [6.07, 6.45) is 5.31. The number of pyridine rings is 1. The van der Waals surface area contributed by atoms with Crippen LogP contribution in [0.3, 0.4) is 0 Å². The number of hydrogen-bond donors (Lipinski definition) is 3. The maximum absolute atomic E-state index is 13.3. The molecule has 11 heteroatoms. The van der Waals surface area contributed by atoms with Crippen molar-refractivity contribution in [3.8, 4) is 11.5 Å². The predicted molar refractivity (Wildman–Crippen MR) is 128 cm³/mol. The van der Waals surface area contributed by atoms with Crippen LogP contribution >= 0.6 is 0 Å². The Labute approximate surface area is 210 Å². The molecular formula is C26H22F2N4O5. The number of ether oxygens (including phenoxy) is 2. The van der Waals surface area contributed by atoms with Gasteiger partial charge in [-0.1, -0.05) is 18.2 Å². The zero-order valence-electron chi connectivity index (χ0n) is 19.4. The Morgan fingerprint density at radius 2 is 1.92 bits per heavy atom. The van der Waals surface area contributed by atoms with Gasteiger partial charge >= 0.3 is 6.29 Å². The molecule has 1 unspecified atom stereocenters. The minimum absolute atomic E-state index is 0.103. The summed E-state index contributed by atoms with van der Waals surface area (Å²) < 4.78 is 40.6. The van der Waals surface area contributed by atoms with Gasteiger partial charge in [-0.3, -0.25) is 14.6 Å². The number of carbonyl (C=O) groups excluding carboxylic acids is 2. The fraction of sp³-hybridized carbons (Fsp3) is 0.192. The van der Waals surface area contributed by atoms with Crippen LogP contribution in [-0.4, -0.2) is 29.1 Å². The molecule has 0 saturated carbocycles. The number of rotatable bonds is 8. The van der Waals surface area contributed by atoms with E-state index in [1.165, 1.54) is 24.5 Å². The number of amides is 2. The third-order valence-electron chi connectivity index (χ3n) is 5.69. The molecule has 0 radical (unpaired) electrons. The molecule has 0 saturated heterocycles. The van der Waals surface area contributed by atoms with Crippen molar-refractivity contribution in [2.75, 3.05) is 5.32 Å². The molecule has 5 rings (SSSR count). The number of hydrogen-bond acceptors (Lipinski definition) is 7. The summed E-state index contributed by atoms with van der Waals surface area (Å²) in [4.78, 5) is 29.6. The highest BCUT2D eigenvalue weighted by molar-refractivity contribution is 6.05. The molecule has 3 aromatic rings. The second-order valence-corrected chi connectivity index (χ2v) is 8.31. The zero-order valence-corrected chi connectivity index (χ0v) is 19.4. The molecule has 1 atom stereocenters. The molecule has 1 aliphatic carbocycles. The first-order chi connectivity index (χ1) is 17.9. The van der Waals surface area contributed by atoms with Gasteiger partial charge in [0, 0.05) is 36.1 Å². The van der Waals surface area contributed by atoms with Crippen LogP contribution in [0.25, 0.3) is 0 Å². The highest BCUT2D eigenvalue weighted by Gasteiger charge is 2.43. The van der Waals surface area contributed by atoms with E-state index in [4.69, 9.17) is 4.42 Å². The Morgan fingerprint density at radius 3 is 2.76 bits per heavy atom. The number of halogens is 2. The monoisotopic (exact) mass is 508 g/mol. The number of nitrogens with zero attached hydrogens (tertiary/aromatic N) is 1. The first-order valence-electron chi connectivity index (χ1n) is 11.4. The molecule has 0 bridgehead atoms. The number of anilines is 1. The number of nitrogens with one attached hydrogen (secondary N) is 3. The molecule has 0 spiro atoms. The van der Waals surface area contributed by atoms with Crippen molar-refractivity contribution in [2.24, 2.45) is 0 Å². The summed E-state index contributed by atoms with van der Waals surface area (Å²) in [6.45, 7) is 0.628. The SMILES string of the molecule is O=C(Nc1ccc2c(c1)OC(F)(F)O2)C1=CC=CCC1NCc1ccnc(C(=O)NCc2ccco2)c1. The summed E-state index contributed by atoms with van der Waals surface area (Å²) in [6, 6.07) is 10.7. The Kier molecular flexibility index (Phi) is 6.69. The summed E-state index contributed by atoms with van der Waals surface area (Å²) in [7, 11) is 0.